The maximum atomic E-state index is 5.53. The SMILES string of the molecule is CC(CCN(C)C)NCCc1ccc2c(c1)CCO2. The molecule has 1 aliphatic rings. The number of rotatable bonds is 7. The predicted molar refractivity (Wildman–Crippen MR) is 80.0 cm³/mol. The van der Waals surface area contributed by atoms with E-state index in [1.807, 2.05) is 0 Å². The third kappa shape index (κ3) is 4.51. The van der Waals surface area contributed by atoms with Gasteiger partial charge in [-0.2, -0.15) is 0 Å². The number of fused-ring (bicyclic) bond motifs is 1. The van der Waals surface area contributed by atoms with Crippen molar-refractivity contribution in [1.29, 1.82) is 0 Å². The van der Waals surface area contributed by atoms with Crippen LogP contribution in [0.1, 0.15) is 24.5 Å². The molecule has 2 rings (SSSR count). The molecule has 1 aromatic carbocycles. The second-order valence-corrected chi connectivity index (χ2v) is 5.74. The monoisotopic (exact) mass is 262 g/mol. The molecule has 0 fully saturated rings. The number of ether oxygens (including phenoxy) is 1. The molecule has 0 saturated carbocycles. The van der Waals surface area contributed by atoms with E-state index < -0.39 is 0 Å². The molecule has 3 nitrogen and oxygen atoms in total. The van der Waals surface area contributed by atoms with Crippen LogP contribution in [0.25, 0.3) is 0 Å². The largest absolute Gasteiger partial charge is 0.493 e. The van der Waals surface area contributed by atoms with E-state index in [1.54, 1.807) is 0 Å². The first-order chi connectivity index (χ1) is 9.15. The maximum Gasteiger partial charge on any atom is 0.122 e. The lowest BCUT2D eigenvalue weighted by Gasteiger charge is -2.16. The Morgan fingerprint density at radius 3 is 3.00 bits per heavy atom. The van der Waals surface area contributed by atoms with Crippen molar-refractivity contribution in [3.8, 4) is 5.75 Å². The Kier molecular flexibility index (Phi) is 5.23. The molecule has 19 heavy (non-hydrogen) atoms. The van der Waals surface area contributed by atoms with Crippen molar-refractivity contribution in [3.63, 3.8) is 0 Å². The van der Waals surface area contributed by atoms with Gasteiger partial charge in [-0.3, -0.25) is 0 Å². The van der Waals surface area contributed by atoms with Crippen LogP contribution in [0.3, 0.4) is 0 Å². The molecular weight excluding hydrogens is 236 g/mol. The van der Waals surface area contributed by atoms with Crippen molar-refractivity contribution in [1.82, 2.24) is 10.2 Å². The third-order valence-electron chi connectivity index (χ3n) is 3.67. The predicted octanol–water partition coefficient (Wildman–Crippen LogP) is 2.09. The quantitative estimate of drug-likeness (QED) is 0.814. The molecule has 1 unspecified atom stereocenters. The fraction of sp³-hybridized carbons (Fsp3) is 0.625. The topological polar surface area (TPSA) is 24.5 Å². The van der Waals surface area contributed by atoms with Crippen molar-refractivity contribution in [3.05, 3.63) is 29.3 Å². The summed E-state index contributed by atoms with van der Waals surface area (Å²) in [5, 5.41) is 3.60. The summed E-state index contributed by atoms with van der Waals surface area (Å²) in [6.07, 6.45) is 3.36. The van der Waals surface area contributed by atoms with E-state index in [-0.39, 0.29) is 0 Å². The van der Waals surface area contributed by atoms with Gasteiger partial charge in [-0.1, -0.05) is 12.1 Å². The first-order valence-corrected chi connectivity index (χ1v) is 7.28. The van der Waals surface area contributed by atoms with E-state index in [0.717, 1.165) is 38.3 Å². The Morgan fingerprint density at radius 2 is 2.21 bits per heavy atom. The lowest BCUT2D eigenvalue weighted by Crippen LogP contribution is -2.31. The molecule has 0 radical (unpaired) electrons. The molecule has 1 N–H and O–H groups in total. The second kappa shape index (κ2) is 6.92. The fourth-order valence-corrected chi connectivity index (χ4v) is 2.41. The molecular formula is C16H26N2O. The molecule has 1 atom stereocenters. The maximum absolute atomic E-state index is 5.53. The van der Waals surface area contributed by atoms with E-state index in [0.29, 0.717) is 6.04 Å². The van der Waals surface area contributed by atoms with E-state index in [2.05, 4.69) is 49.4 Å². The third-order valence-corrected chi connectivity index (χ3v) is 3.67. The minimum atomic E-state index is 0.583. The van der Waals surface area contributed by atoms with Crippen LogP contribution in [0.2, 0.25) is 0 Å². The zero-order chi connectivity index (χ0) is 13.7. The highest BCUT2D eigenvalue weighted by atomic mass is 16.5. The first kappa shape index (κ1) is 14.4. The average molecular weight is 262 g/mol. The van der Waals surface area contributed by atoms with Gasteiger partial charge in [-0.15, -0.1) is 0 Å². The molecule has 0 spiro atoms. The summed E-state index contributed by atoms with van der Waals surface area (Å²) in [6, 6.07) is 7.19. The van der Waals surface area contributed by atoms with Gasteiger partial charge in [0.2, 0.25) is 0 Å². The molecule has 0 bridgehead atoms. The highest BCUT2D eigenvalue weighted by molar-refractivity contribution is 5.39. The van der Waals surface area contributed by atoms with Gasteiger partial charge >= 0.3 is 0 Å². The van der Waals surface area contributed by atoms with Crippen LogP contribution in [0, 0.1) is 0 Å². The van der Waals surface area contributed by atoms with Crippen molar-refractivity contribution in [2.45, 2.75) is 32.2 Å². The second-order valence-electron chi connectivity index (χ2n) is 5.74. The van der Waals surface area contributed by atoms with E-state index in [9.17, 15) is 0 Å². The van der Waals surface area contributed by atoms with Gasteiger partial charge in [0.25, 0.3) is 0 Å². The van der Waals surface area contributed by atoms with Gasteiger partial charge in [-0.05, 0) is 64.1 Å². The van der Waals surface area contributed by atoms with Crippen LogP contribution in [0.5, 0.6) is 5.75 Å². The van der Waals surface area contributed by atoms with E-state index in [1.165, 1.54) is 17.5 Å². The Bertz CT molecular complexity index is 404. The number of hydrogen-bond donors (Lipinski definition) is 1. The van der Waals surface area contributed by atoms with E-state index >= 15 is 0 Å². The van der Waals surface area contributed by atoms with Crippen LogP contribution in [0.4, 0.5) is 0 Å². The Morgan fingerprint density at radius 1 is 1.37 bits per heavy atom. The first-order valence-electron chi connectivity index (χ1n) is 7.28. The van der Waals surface area contributed by atoms with Crippen LogP contribution >= 0.6 is 0 Å². The summed E-state index contributed by atoms with van der Waals surface area (Å²) >= 11 is 0. The summed E-state index contributed by atoms with van der Waals surface area (Å²) in [5.74, 6) is 1.08. The molecule has 0 aromatic heterocycles. The highest BCUT2D eigenvalue weighted by Gasteiger charge is 2.11. The van der Waals surface area contributed by atoms with Crippen molar-refractivity contribution < 1.29 is 4.74 Å². The molecule has 1 aromatic rings. The number of benzene rings is 1. The van der Waals surface area contributed by atoms with Crippen molar-refractivity contribution in [2.24, 2.45) is 0 Å². The molecule has 1 heterocycles. The van der Waals surface area contributed by atoms with Crippen LogP contribution < -0.4 is 10.1 Å². The Labute approximate surface area is 116 Å². The number of hydrogen-bond acceptors (Lipinski definition) is 3. The normalized spacial score (nSPS) is 15.4. The minimum Gasteiger partial charge on any atom is -0.493 e. The average Bonchev–Trinajstić information content (AvgIpc) is 2.83. The standard InChI is InChI=1S/C16H26N2O/c1-13(7-10-18(2)3)17-9-6-14-4-5-16-15(12-14)8-11-19-16/h4-5,12-13,17H,6-11H2,1-3H3. The van der Waals surface area contributed by atoms with Crippen molar-refractivity contribution >= 4 is 0 Å². The van der Waals surface area contributed by atoms with Crippen molar-refractivity contribution in [2.75, 3.05) is 33.8 Å². The van der Waals surface area contributed by atoms with Crippen LogP contribution in [-0.2, 0) is 12.8 Å². The lowest BCUT2D eigenvalue weighted by molar-refractivity contribution is 0.357. The number of nitrogens with zero attached hydrogens (tertiary/aromatic N) is 1. The Hall–Kier alpha value is -1.06. The van der Waals surface area contributed by atoms with Gasteiger partial charge in [0.1, 0.15) is 5.75 Å². The van der Waals surface area contributed by atoms with Gasteiger partial charge in [0, 0.05) is 12.5 Å². The van der Waals surface area contributed by atoms with Gasteiger partial charge < -0.3 is 15.0 Å². The Balaban J connectivity index is 1.71. The van der Waals surface area contributed by atoms with Gasteiger partial charge in [0.15, 0.2) is 0 Å². The molecule has 3 heteroatoms. The van der Waals surface area contributed by atoms with Gasteiger partial charge in [0.05, 0.1) is 6.61 Å². The van der Waals surface area contributed by atoms with E-state index in [4.69, 9.17) is 4.74 Å². The zero-order valence-corrected chi connectivity index (χ0v) is 12.4. The summed E-state index contributed by atoms with van der Waals surface area (Å²) in [4.78, 5) is 2.23. The molecule has 1 aliphatic heterocycles. The molecule has 0 aliphatic carbocycles. The van der Waals surface area contributed by atoms with Crippen LogP contribution in [0.15, 0.2) is 18.2 Å². The lowest BCUT2D eigenvalue weighted by atomic mass is 10.1. The fourth-order valence-electron chi connectivity index (χ4n) is 2.41. The summed E-state index contributed by atoms with van der Waals surface area (Å²) in [6.45, 7) is 5.30. The minimum absolute atomic E-state index is 0.583. The summed E-state index contributed by atoms with van der Waals surface area (Å²) in [7, 11) is 4.25. The highest BCUT2D eigenvalue weighted by Crippen LogP contribution is 2.25. The number of nitrogens with one attached hydrogen (secondary N) is 1. The smallest absolute Gasteiger partial charge is 0.122 e. The molecule has 0 saturated heterocycles. The molecule has 106 valence electrons. The van der Waals surface area contributed by atoms with Gasteiger partial charge in [-0.25, -0.2) is 0 Å². The van der Waals surface area contributed by atoms with Crippen LogP contribution in [-0.4, -0.2) is 44.7 Å². The summed E-state index contributed by atoms with van der Waals surface area (Å²) in [5.41, 5.74) is 2.79. The zero-order valence-electron chi connectivity index (χ0n) is 12.4. The summed E-state index contributed by atoms with van der Waals surface area (Å²) < 4.78 is 5.53. The molecule has 0 amide bonds.